The van der Waals surface area contributed by atoms with Crippen molar-refractivity contribution < 1.29 is 14.3 Å². The molecule has 0 spiro atoms. The van der Waals surface area contributed by atoms with Crippen LogP contribution in [0.25, 0.3) is 0 Å². The zero-order chi connectivity index (χ0) is 12.4. The van der Waals surface area contributed by atoms with Gasteiger partial charge in [-0.15, -0.1) is 0 Å². The normalized spacial score (nSPS) is 55.6. The predicted octanol–water partition coefficient (Wildman–Crippen LogP) is 1.90. The van der Waals surface area contributed by atoms with Gasteiger partial charge in [0.15, 0.2) is 0 Å². The monoisotopic (exact) mass is 248 g/mol. The highest BCUT2D eigenvalue weighted by Crippen LogP contribution is 2.69. The van der Waals surface area contributed by atoms with Gasteiger partial charge in [0, 0.05) is 5.92 Å². The largest absolute Gasteiger partial charge is 0.469 e. The summed E-state index contributed by atoms with van der Waals surface area (Å²) in [5.74, 6) is 4.52. The number of aldehydes is 1. The predicted molar refractivity (Wildman–Crippen MR) is 64.5 cm³/mol. The first-order valence-electron chi connectivity index (χ1n) is 7.27. The lowest BCUT2D eigenvalue weighted by atomic mass is 9.65. The van der Waals surface area contributed by atoms with Crippen molar-refractivity contribution in [1.82, 2.24) is 0 Å². The van der Waals surface area contributed by atoms with E-state index >= 15 is 0 Å². The molecular formula is C15H20O3. The fourth-order valence-corrected chi connectivity index (χ4v) is 6.23. The van der Waals surface area contributed by atoms with E-state index in [1.807, 2.05) is 0 Å². The number of fused-ring (bicyclic) bond motifs is 9. The molecule has 0 aliphatic heterocycles. The summed E-state index contributed by atoms with van der Waals surface area (Å²) in [6.45, 7) is 0. The van der Waals surface area contributed by atoms with E-state index in [1.165, 1.54) is 26.2 Å². The second-order valence-electron chi connectivity index (χ2n) is 6.87. The fraction of sp³-hybridized carbons (Fsp3) is 0.867. The SMILES string of the molecule is COC(=O)C1CC2CC1C1C3CC(CC3C=O)C21. The van der Waals surface area contributed by atoms with E-state index in [9.17, 15) is 9.59 Å². The lowest BCUT2D eigenvalue weighted by molar-refractivity contribution is -0.149. The molecule has 0 saturated heterocycles. The van der Waals surface area contributed by atoms with Crippen LogP contribution in [0, 0.1) is 47.3 Å². The molecule has 0 radical (unpaired) electrons. The van der Waals surface area contributed by atoms with Crippen LogP contribution >= 0.6 is 0 Å². The van der Waals surface area contributed by atoms with Crippen molar-refractivity contribution in [1.29, 1.82) is 0 Å². The first kappa shape index (κ1) is 11.0. The van der Waals surface area contributed by atoms with Crippen LogP contribution in [0.15, 0.2) is 0 Å². The van der Waals surface area contributed by atoms with E-state index < -0.39 is 0 Å². The van der Waals surface area contributed by atoms with Crippen molar-refractivity contribution in [2.24, 2.45) is 47.3 Å². The fourth-order valence-electron chi connectivity index (χ4n) is 6.23. The van der Waals surface area contributed by atoms with E-state index in [0.29, 0.717) is 17.8 Å². The maximum absolute atomic E-state index is 11.9. The zero-order valence-electron chi connectivity index (χ0n) is 10.7. The van der Waals surface area contributed by atoms with Gasteiger partial charge < -0.3 is 9.53 Å². The van der Waals surface area contributed by atoms with Gasteiger partial charge in [0.2, 0.25) is 0 Å². The van der Waals surface area contributed by atoms with Gasteiger partial charge in [-0.3, -0.25) is 4.79 Å². The van der Waals surface area contributed by atoms with E-state index in [0.717, 1.165) is 30.6 Å². The molecule has 0 heterocycles. The molecule has 8 unspecified atom stereocenters. The third-order valence-electron chi connectivity index (χ3n) is 6.55. The number of carbonyl (C=O) groups excluding carboxylic acids is 2. The minimum absolute atomic E-state index is 0.00798. The van der Waals surface area contributed by atoms with Crippen LogP contribution in [0.4, 0.5) is 0 Å². The smallest absolute Gasteiger partial charge is 0.308 e. The van der Waals surface area contributed by atoms with E-state index in [4.69, 9.17) is 4.74 Å². The molecule has 4 bridgehead atoms. The molecule has 4 fully saturated rings. The number of rotatable bonds is 2. The lowest BCUT2D eigenvalue weighted by Gasteiger charge is -2.39. The summed E-state index contributed by atoms with van der Waals surface area (Å²) >= 11 is 0. The molecule has 0 N–H and O–H groups in total. The molecule has 0 amide bonds. The first-order chi connectivity index (χ1) is 8.74. The van der Waals surface area contributed by atoms with Gasteiger partial charge >= 0.3 is 5.97 Å². The molecule has 98 valence electrons. The lowest BCUT2D eigenvalue weighted by Crippen LogP contribution is -2.38. The number of esters is 1. The minimum atomic E-state index is -0.00798. The Balaban J connectivity index is 1.63. The molecule has 4 saturated carbocycles. The molecule has 18 heavy (non-hydrogen) atoms. The number of methoxy groups -OCH3 is 1. The van der Waals surface area contributed by atoms with Gasteiger partial charge in [0.25, 0.3) is 0 Å². The van der Waals surface area contributed by atoms with Crippen LogP contribution < -0.4 is 0 Å². The Kier molecular flexibility index (Phi) is 2.19. The molecular weight excluding hydrogens is 228 g/mol. The maximum Gasteiger partial charge on any atom is 0.308 e. The van der Waals surface area contributed by atoms with E-state index in [2.05, 4.69) is 0 Å². The van der Waals surface area contributed by atoms with E-state index in [1.54, 1.807) is 0 Å². The standard InChI is InChI=1S/C15H20O3/c1-18-15(17)12-5-8-4-11(12)14-10-3-7(13(8)14)2-9(10)6-16/h6-14H,2-5H2,1H3. The second kappa shape index (κ2) is 3.58. The molecule has 0 aromatic carbocycles. The first-order valence-corrected chi connectivity index (χ1v) is 7.27. The highest BCUT2D eigenvalue weighted by molar-refractivity contribution is 5.73. The molecule has 3 heteroatoms. The highest BCUT2D eigenvalue weighted by Gasteiger charge is 2.65. The number of carbonyl (C=O) groups is 2. The van der Waals surface area contributed by atoms with Gasteiger partial charge in [-0.25, -0.2) is 0 Å². The zero-order valence-corrected chi connectivity index (χ0v) is 10.7. The Morgan fingerprint density at radius 3 is 2.50 bits per heavy atom. The van der Waals surface area contributed by atoms with Gasteiger partial charge in [0.1, 0.15) is 6.29 Å². The van der Waals surface area contributed by atoms with Crippen molar-refractivity contribution in [3.63, 3.8) is 0 Å². The molecule has 0 aromatic rings. The Hall–Kier alpha value is -0.860. The van der Waals surface area contributed by atoms with Crippen molar-refractivity contribution in [3.8, 4) is 0 Å². The maximum atomic E-state index is 11.9. The van der Waals surface area contributed by atoms with Gasteiger partial charge in [-0.05, 0) is 61.2 Å². The third kappa shape index (κ3) is 1.16. The van der Waals surface area contributed by atoms with Crippen LogP contribution in [0.5, 0.6) is 0 Å². The van der Waals surface area contributed by atoms with Crippen molar-refractivity contribution in [2.75, 3.05) is 7.11 Å². The van der Waals surface area contributed by atoms with Crippen LogP contribution in [0.1, 0.15) is 25.7 Å². The van der Waals surface area contributed by atoms with Crippen molar-refractivity contribution in [3.05, 3.63) is 0 Å². The van der Waals surface area contributed by atoms with Gasteiger partial charge in [0.05, 0.1) is 13.0 Å². The number of hydrogen-bond acceptors (Lipinski definition) is 3. The molecule has 3 nitrogen and oxygen atoms in total. The Morgan fingerprint density at radius 2 is 1.78 bits per heavy atom. The molecule has 4 aliphatic carbocycles. The van der Waals surface area contributed by atoms with Crippen LogP contribution in [-0.4, -0.2) is 19.4 Å². The summed E-state index contributed by atoms with van der Waals surface area (Å²) in [7, 11) is 1.50. The average Bonchev–Trinajstić information content (AvgIpc) is 3.12. The average molecular weight is 248 g/mol. The van der Waals surface area contributed by atoms with E-state index in [-0.39, 0.29) is 17.8 Å². The van der Waals surface area contributed by atoms with Gasteiger partial charge in [-0.2, -0.15) is 0 Å². The topological polar surface area (TPSA) is 43.4 Å². The third-order valence-corrected chi connectivity index (χ3v) is 6.55. The number of ether oxygens (including phenoxy) is 1. The Labute approximate surface area is 107 Å². The summed E-state index contributed by atoms with van der Waals surface area (Å²) in [5.41, 5.74) is 0. The van der Waals surface area contributed by atoms with Crippen LogP contribution in [-0.2, 0) is 14.3 Å². The molecule has 0 aromatic heterocycles. The highest BCUT2D eigenvalue weighted by atomic mass is 16.5. The quantitative estimate of drug-likeness (QED) is 0.426. The van der Waals surface area contributed by atoms with Crippen molar-refractivity contribution in [2.45, 2.75) is 25.7 Å². The molecule has 8 atom stereocenters. The van der Waals surface area contributed by atoms with Gasteiger partial charge in [-0.1, -0.05) is 0 Å². The molecule has 4 aliphatic rings. The van der Waals surface area contributed by atoms with Crippen molar-refractivity contribution >= 4 is 12.3 Å². The van der Waals surface area contributed by atoms with Crippen LogP contribution in [0.2, 0.25) is 0 Å². The second-order valence-corrected chi connectivity index (χ2v) is 6.87. The van der Waals surface area contributed by atoms with Crippen LogP contribution in [0.3, 0.4) is 0 Å². The Morgan fingerprint density at radius 1 is 1.06 bits per heavy atom. The number of hydrogen-bond donors (Lipinski definition) is 0. The summed E-state index contributed by atoms with van der Waals surface area (Å²) in [5, 5.41) is 0. The summed E-state index contributed by atoms with van der Waals surface area (Å²) in [6.07, 6.45) is 5.82. The summed E-state index contributed by atoms with van der Waals surface area (Å²) < 4.78 is 4.96. The Bertz CT molecular complexity index is 405. The molecule has 4 rings (SSSR count). The summed E-state index contributed by atoms with van der Waals surface area (Å²) in [4.78, 5) is 23.0. The minimum Gasteiger partial charge on any atom is -0.469 e. The summed E-state index contributed by atoms with van der Waals surface area (Å²) in [6, 6.07) is 0.